The molecule has 0 aromatic carbocycles. The number of H-pyrrole nitrogens is 1. The van der Waals surface area contributed by atoms with Gasteiger partial charge in [-0.15, -0.1) is 0 Å². The SMILES string of the molecule is CCCCCC(C)(C)c1nc(CCCC)[nH]c1C(C)C(C)C. The first kappa shape index (κ1) is 19.3. The normalized spacial score (nSPS) is 13.8. The summed E-state index contributed by atoms with van der Waals surface area (Å²) in [6.45, 7) is 16.2. The Hall–Kier alpha value is -0.790. The Labute approximate surface area is 138 Å². The van der Waals surface area contributed by atoms with Gasteiger partial charge < -0.3 is 4.98 Å². The average Bonchev–Trinajstić information content (AvgIpc) is 2.89. The molecule has 1 rings (SSSR count). The summed E-state index contributed by atoms with van der Waals surface area (Å²) >= 11 is 0. The van der Waals surface area contributed by atoms with Crippen molar-refractivity contribution in [2.45, 2.75) is 105 Å². The molecule has 2 nitrogen and oxygen atoms in total. The Bertz CT molecular complexity index is 429. The van der Waals surface area contributed by atoms with Gasteiger partial charge >= 0.3 is 0 Å². The fourth-order valence-electron chi connectivity index (χ4n) is 3.01. The van der Waals surface area contributed by atoms with Gasteiger partial charge in [-0.2, -0.15) is 0 Å². The lowest BCUT2D eigenvalue weighted by molar-refractivity contribution is 0.425. The molecule has 0 saturated heterocycles. The van der Waals surface area contributed by atoms with Gasteiger partial charge in [0.25, 0.3) is 0 Å². The van der Waals surface area contributed by atoms with Gasteiger partial charge in [0, 0.05) is 23.4 Å². The van der Waals surface area contributed by atoms with Crippen molar-refractivity contribution < 1.29 is 0 Å². The van der Waals surface area contributed by atoms with Gasteiger partial charge in [-0.25, -0.2) is 4.98 Å². The molecule has 0 bridgehead atoms. The molecule has 2 heteroatoms. The number of hydrogen-bond acceptors (Lipinski definition) is 1. The van der Waals surface area contributed by atoms with E-state index in [0.717, 1.165) is 6.42 Å². The third kappa shape index (κ3) is 5.14. The Morgan fingerprint density at radius 3 is 2.18 bits per heavy atom. The number of unbranched alkanes of at least 4 members (excludes halogenated alkanes) is 3. The maximum Gasteiger partial charge on any atom is 0.106 e. The van der Waals surface area contributed by atoms with Crippen LogP contribution in [0, 0.1) is 5.92 Å². The van der Waals surface area contributed by atoms with E-state index in [2.05, 4.69) is 53.5 Å². The van der Waals surface area contributed by atoms with Gasteiger partial charge in [0.2, 0.25) is 0 Å². The smallest absolute Gasteiger partial charge is 0.106 e. The van der Waals surface area contributed by atoms with Gasteiger partial charge in [-0.3, -0.25) is 0 Å². The lowest BCUT2D eigenvalue weighted by Gasteiger charge is -2.26. The molecule has 0 aliphatic rings. The fraction of sp³-hybridized carbons (Fsp3) is 0.850. The van der Waals surface area contributed by atoms with Gasteiger partial charge in [-0.05, 0) is 18.8 Å². The van der Waals surface area contributed by atoms with Crippen molar-refractivity contribution in [2.24, 2.45) is 5.92 Å². The van der Waals surface area contributed by atoms with E-state index in [9.17, 15) is 0 Å². The highest BCUT2D eigenvalue weighted by molar-refractivity contribution is 5.26. The second-order valence-corrected chi connectivity index (χ2v) is 7.92. The van der Waals surface area contributed by atoms with Crippen molar-refractivity contribution in [1.29, 1.82) is 0 Å². The third-order valence-corrected chi connectivity index (χ3v) is 5.05. The van der Waals surface area contributed by atoms with Gasteiger partial charge in [0.15, 0.2) is 0 Å². The van der Waals surface area contributed by atoms with Crippen molar-refractivity contribution in [3.63, 3.8) is 0 Å². The van der Waals surface area contributed by atoms with E-state index in [1.54, 1.807) is 0 Å². The van der Waals surface area contributed by atoms with Crippen molar-refractivity contribution in [3.8, 4) is 0 Å². The van der Waals surface area contributed by atoms with Crippen molar-refractivity contribution in [1.82, 2.24) is 9.97 Å². The fourth-order valence-corrected chi connectivity index (χ4v) is 3.01. The van der Waals surface area contributed by atoms with E-state index < -0.39 is 0 Å². The molecule has 0 fully saturated rings. The maximum absolute atomic E-state index is 5.05. The third-order valence-electron chi connectivity index (χ3n) is 5.05. The average molecular weight is 307 g/mol. The van der Waals surface area contributed by atoms with Crippen LogP contribution < -0.4 is 0 Å². The largest absolute Gasteiger partial charge is 0.345 e. The number of aromatic amines is 1. The Kier molecular flexibility index (Phi) is 7.65. The van der Waals surface area contributed by atoms with Crippen LogP contribution in [0.2, 0.25) is 0 Å². The van der Waals surface area contributed by atoms with Crippen LogP contribution >= 0.6 is 0 Å². The van der Waals surface area contributed by atoms with Gasteiger partial charge in [0.1, 0.15) is 5.82 Å². The molecule has 1 atom stereocenters. The topological polar surface area (TPSA) is 28.7 Å². The van der Waals surface area contributed by atoms with E-state index in [4.69, 9.17) is 4.98 Å². The molecular formula is C20H38N2. The minimum atomic E-state index is 0.175. The number of nitrogens with one attached hydrogen (secondary N) is 1. The summed E-state index contributed by atoms with van der Waals surface area (Å²) in [4.78, 5) is 8.73. The summed E-state index contributed by atoms with van der Waals surface area (Å²) in [5, 5.41) is 0. The Morgan fingerprint density at radius 1 is 1.00 bits per heavy atom. The quantitative estimate of drug-likeness (QED) is 0.500. The molecule has 1 heterocycles. The summed E-state index contributed by atoms with van der Waals surface area (Å²) in [5.74, 6) is 2.39. The number of rotatable bonds is 10. The highest BCUT2D eigenvalue weighted by Gasteiger charge is 2.29. The summed E-state index contributed by atoms with van der Waals surface area (Å²) < 4.78 is 0. The van der Waals surface area contributed by atoms with Crippen LogP contribution in [0.5, 0.6) is 0 Å². The minimum Gasteiger partial charge on any atom is -0.345 e. The van der Waals surface area contributed by atoms with E-state index in [1.807, 2.05) is 0 Å². The van der Waals surface area contributed by atoms with Crippen LogP contribution in [-0.4, -0.2) is 9.97 Å². The number of nitrogens with zero attached hydrogens (tertiary/aromatic N) is 1. The molecule has 1 aromatic heterocycles. The zero-order valence-electron chi connectivity index (χ0n) is 16.1. The monoisotopic (exact) mass is 306 g/mol. The van der Waals surface area contributed by atoms with E-state index >= 15 is 0 Å². The van der Waals surface area contributed by atoms with Crippen LogP contribution in [0.25, 0.3) is 0 Å². The molecule has 0 spiro atoms. The second kappa shape index (κ2) is 8.74. The summed E-state index contributed by atoms with van der Waals surface area (Å²) in [5.41, 5.74) is 2.90. The molecule has 0 aliphatic heterocycles. The first-order valence-electron chi connectivity index (χ1n) is 9.42. The predicted molar refractivity (Wildman–Crippen MR) is 97.6 cm³/mol. The zero-order chi connectivity index (χ0) is 16.8. The lowest BCUT2D eigenvalue weighted by Crippen LogP contribution is -2.21. The number of hydrogen-bond donors (Lipinski definition) is 1. The highest BCUT2D eigenvalue weighted by atomic mass is 15.0. The van der Waals surface area contributed by atoms with Crippen LogP contribution in [0.15, 0.2) is 0 Å². The first-order chi connectivity index (χ1) is 10.3. The molecule has 128 valence electrons. The summed E-state index contributed by atoms with van der Waals surface area (Å²) in [7, 11) is 0. The standard InChI is InChI=1S/C20H38N2/c1-8-10-12-14-20(6,7)19-18(16(5)15(3)4)21-17(22-19)13-11-9-2/h15-16H,8-14H2,1-7H3,(H,21,22). The molecule has 0 aliphatic carbocycles. The molecule has 22 heavy (non-hydrogen) atoms. The van der Waals surface area contributed by atoms with Crippen LogP contribution in [0.3, 0.4) is 0 Å². The summed E-state index contributed by atoms with van der Waals surface area (Å²) in [6, 6.07) is 0. The Morgan fingerprint density at radius 2 is 1.64 bits per heavy atom. The molecule has 1 N–H and O–H groups in total. The van der Waals surface area contributed by atoms with Crippen molar-refractivity contribution >= 4 is 0 Å². The minimum absolute atomic E-state index is 0.175. The van der Waals surface area contributed by atoms with E-state index in [1.165, 1.54) is 55.7 Å². The van der Waals surface area contributed by atoms with Crippen molar-refractivity contribution in [3.05, 3.63) is 17.2 Å². The first-order valence-corrected chi connectivity index (χ1v) is 9.42. The van der Waals surface area contributed by atoms with E-state index in [0.29, 0.717) is 11.8 Å². The zero-order valence-corrected chi connectivity index (χ0v) is 16.1. The molecule has 0 saturated carbocycles. The van der Waals surface area contributed by atoms with Gasteiger partial charge in [-0.1, -0.05) is 74.1 Å². The molecule has 1 unspecified atom stereocenters. The Balaban J connectivity index is 3.05. The van der Waals surface area contributed by atoms with Crippen LogP contribution in [0.4, 0.5) is 0 Å². The van der Waals surface area contributed by atoms with Gasteiger partial charge in [0.05, 0.1) is 5.69 Å². The molecule has 0 amide bonds. The number of aryl methyl sites for hydroxylation is 1. The van der Waals surface area contributed by atoms with E-state index in [-0.39, 0.29) is 5.41 Å². The molecule has 0 radical (unpaired) electrons. The highest BCUT2D eigenvalue weighted by Crippen LogP contribution is 2.36. The summed E-state index contributed by atoms with van der Waals surface area (Å²) in [6.07, 6.45) is 8.68. The van der Waals surface area contributed by atoms with Crippen LogP contribution in [-0.2, 0) is 11.8 Å². The maximum atomic E-state index is 5.05. The van der Waals surface area contributed by atoms with Crippen molar-refractivity contribution in [2.75, 3.05) is 0 Å². The molecular weight excluding hydrogens is 268 g/mol. The number of imidazole rings is 1. The molecule has 1 aromatic rings. The predicted octanol–water partition coefficient (Wildman–Crippen LogP) is 6.37. The van der Waals surface area contributed by atoms with Crippen LogP contribution in [0.1, 0.15) is 110 Å². The lowest BCUT2D eigenvalue weighted by atomic mass is 9.79. The number of aromatic nitrogens is 2. The second-order valence-electron chi connectivity index (χ2n) is 7.92.